The van der Waals surface area contributed by atoms with Crippen molar-refractivity contribution < 1.29 is 9.59 Å². The summed E-state index contributed by atoms with van der Waals surface area (Å²) in [6, 6.07) is 12.9. The lowest BCUT2D eigenvalue weighted by atomic mass is 10.1. The SMILES string of the molecule is CN(C)c1cccc(NC(=O)c2ccc3c(c2)CC(=O)N3)c1. The van der Waals surface area contributed by atoms with Gasteiger partial charge in [-0.2, -0.15) is 0 Å². The minimum Gasteiger partial charge on any atom is -0.378 e. The Morgan fingerprint density at radius 1 is 1.18 bits per heavy atom. The van der Waals surface area contributed by atoms with Crippen LogP contribution in [0.3, 0.4) is 0 Å². The molecule has 2 aromatic carbocycles. The van der Waals surface area contributed by atoms with E-state index in [1.165, 1.54) is 0 Å². The molecule has 0 spiro atoms. The average Bonchev–Trinajstić information content (AvgIpc) is 2.86. The van der Waals surface area contributed by atoms with Crippen LogP contribution in [-0.2, 0) is 11.2 Å². The van der Waals surface area contributed by atoms with E-state index in [4.69, 9.17) is 0 Å². The lowest BCUT2D eigenvalue weighted by Crippen LogP contribution is -2.13. The number of hydrogen-bond donors (Lipinski definition) is 2. The third-order valence-corrected chi connectivity index (χ3v) is 3.61. The van der Waals surface area contributed by atoms with Gasteiger partial charge in [-0.1, -0.05) is 6.07 Å². The lowest BCUT2D eigenvalue weighted by Gasteiger charge is -2.14. The maximum Gasteiger partial charge on any atom is 0.255 e. The zero-order chi connectivity index (χ0) is 15.7. The number of carbonyl (C=O) groups is 2. The number of nitrogens with one attached hydrogen (secondary N) is 2. The highest BCUT2D eigenvalue weighted by Gasteiger charge is 2.19. The van der Waals surface area contributed by atoms with Crippen molar-refractivity contribution in [3.63, 3.8) is 0 Å². The van der Waals surface area contributed by atoms with E-state index < -0.39 is 0 Å². The fourth-order valence-electron chi connectivity index (χ4n) is 2.44. The fourth-order valence-corrected chi connectivity index (χ4v) is 2.44. The van der Waals surface area contributed by atoms with Gasteiger partial charge in [-0.15, -0.1) is 0 Å². The van der Waals surface area contributed by atoms with Crippen LogP contribution in [0.4, 0.5) is 17.1 Å². The van der Waals surface area contributed by atoms with Crippen molar-refractivity contribution in [3.8, 4) is 0 Å². The highest BCUT2D eigenvalue weighted by atomic mass is 16.2. The molecular weight excluding hydrogens is 278 g/mol. The van der Waals surface area contributed by atoms with Gasteiger partial charge in [0.2, 0.25) is 5.91 Å². The summed E-state index contributed by atoms with van der Waals surface area (Å²) in [5.41, 5.74) is 3.95. The molecule has 0 saturated carbocycles. The molecule has 0 aromatic heterocycles. The van der Waals surface area contributed by atoms with E-state index in [0.717, 1.165) is 22.6 Å². The van der Waals surface area contributed by atoms with Gasteiger partial charge in [0.05, 0.1) is 6.42 Å². The van der Waals surface area contributed by atoms with E-state index in [-0.39, 0.29) is 11.8 Å². The smallest absolute Gasteiger partial charge is 0.255 e. The van der Waals surface area contributed by atoms with Crippen LogP contribution < -0.4 is 15.5 Å². The van der Waals surface area contributed by atoms with Crippen molar-refractivity contribution in [1.29, 1.82) is 0 Å². The Bertz CT molecular complexity index is 753. The first kappa shape index (κ1) is 14.1. The first-order chi connectivity index (χ1) is 10.5. The maximum atomic E-state index is 12.3. The topological polar surface area (TPSA) is 61.4 Å². The Labute approximate surface area is 128 Å². The molecule has 0 fully saturated rings. The number of anilines is 3. The number of hydrogen-bond acceptors (Lipinski definition) is 3. The van der Waals surface area contributed by atoms with Crippen LogP contribution in [0, 0.1) is 0 Å². The molecular formula is C17H17N3O2. The second kappa shape index (κ2) is 5.52. The normalized spacial score (nSPS) is 12.5. The van der Waals surface area contributed by atoms with E-state index in [1.54, 1.807) is 18.2 Å². The molecule has 22 heavy (non-hydrogen) atoms. The molecule has 1 aliphatic rings. The second-order valence-corrected chi connectivity index (χ2v) is 5.50. The molecule has 1 heterocycles. The summed E-state index contributed by atoms with van der Waals surface area (Å²) in [5, 5.41) is 5.64. The van der Waals surface area contributed by atoms with E-state index >= 15 is 0 Å². The monoisotopic (exact) mass is 295 g/mol. The van der Waals surface area contributed by atoms with Gasteiger partial charge >= 0.3 is 0 Å². The summed E-state index contributed by atoms with van der Waals surface area (Å²) in [6.07, 6.45) is 0.326. The Balaban J connectivity index is 1.79. The van der Waals surface area contributed by atoms with E-state index in [1.807, 2.05) is 43.3 Å². The van der Waals surface area contributed by atoms with Crippen LogP contribution in [0.1, 0.15) is 15.9 Å². The van der Waals surface area contributed by atoms with Gasteiger partial charge in [0.15, 0.2) is 0 Å². The second-order valence-electron chi connectivity index (χ2n) is 5.50. The molecule has 0 radical (unpaired) electrons. The van der Waals surface area contributed by atoms with Crippen LogP contribution in [0.15, 0.2) is 42.5 Å². The van der Waals surface area contributed by atoms with Crippen LogP contribution in [0.25, 0.3) is 0 Å². The average molecular weight is 295 g/mol. The van der Waals surface area contributed by atoms with Crippen molar-refractivity contribution >= 4 is 28.9 Å². The molecule has 0 bridgehead atoms. The van der Waals surface area contributed by atoms with Crippen molar-refractivity contribution in [2.75, 3.05) is 29.6 Å². The molecule has 3 rings (SSSR count). The molecule has 112 valence electrons. The Morgan fingerprint density at radius 3 is 2.77 bits per heavy atom. The van der Waals surface area contributed by atoms with Gasteiger partial charge in [-0.25, -0.2) is 0 Å². The standard InChI is InChI=1S/C17H17N3O2/c1-20(2)14-5-3-4-13(10-14)18-17(22)11-6-7-15-12(8-11)9-16(21)19-15/h3-8,10H,9H2,1-2H3,(H,18,22)(H,19,21). The van der Waals surface area contributed by atoms with E-state index in [9.17, 15) is 9.59 Å². The molecule has 2 N–H and O–H groups in total. The van der Waals surface area contributed by atoms with Gasteiger partial charge < -0.3 is 15.5 Å². The van der Waals surface area contributed by atoms with E-state index in [2.05, 4.69) is 10.6 Å². The summed E-state index contributed by atoms with van der Waals surface area (Å²) in [4.78, 5) is 25.7. The number of rotatable bonds is 3. The zero-order valence-corrected chi connectivity index (χ0v) is 12.5. The first-order valence-electron chi connectivity index (χ1n) is 7.04. The molecule has 1 aliphatic heterocycles. The minimum atomic E-state index is -0.182. The largest absolute Gasteiger partial charge is 0.378 e. The predicted molar refractivity (Wildman–Crippen MR) is 87.5 cm³/mol. The molecule has 5 nitrogen and oxygen atoms in total. The van der Waals surface area contributed by atoms with Crippen molar-refractivity contribution in [2.24, 2.45) is 0 Å². The molecule has 2 aromatic rings. The first-order valence-corrected chi connectivity index (χ1v) is 7.04. The summed E-state index contributed by atoms with van der Waals surface area (Å²) < 4.78 is 0. The fraction of sp³-hybridized carbons (Fsp3) is 0.176. The van der Waals surface area contributed by atoms with Crippen LogP contribution in [0.2, 0.25) is 0 Å². The molecule has 2 amide bonds. The Kier molecular flexibility index (Phi) is 3.55. The lowest BCUT2D eigenvalue weighted by molar-refractivity contribution is -0.115. The third-order valence-electron chi connectivity index (χ3n) is 3.61. The number of carbonyl (C=O) groups excluding carboxylic acids is 2. The van der Waals surface area contributed by atoms with Crippen molar-refractivity contribution in [2.45, 2.75) is 6.42 Å². The Hall–Kier alpha value is -2.82. The van der Waals surface area contributed by atoms with Crippen molar-refractivity contribution in [1.82, 2.24) is 0 Å². The molecule has 0 unspecified atom stereocenters. The third kappa shape index (κ3) is 2.79. The number of fused-ring (bicyclic) bond motifs is 1. The quantitative estimate of drug-likeness (QED) is 0.914. The van der Waals surface area contributed by atoms with Crippen LogP contribution >= 0.6 is 0 Å². The van der Waals surface area contributed by atoms with Crippen LogP contribution in [0.5, 0.6) is 0 Å². The predicted octanol–water partition coefficient (Wildman–Crippen LogP) is 2.50. The summed E-state index contributed by atoms with van der Waals surface area (Å²) in [5.74, 6) is -0.218. The number of nitrogens with zero attached hydrogens (tertiary/aromatic N) is 1. The highest BCUT2D eigenvalue weighted by molar-refractivity contribution is 6.06. The molecule has 0 saturated heterocycles. The van der Waals surface area contributed by atoms with Gasteiger partial charge in [0.1, 0.15) is 0 Å². The molecule has 5 heteroatoms. The Morgan fingerprint density at radius 2 is 2.00 bits per heavy atom. The van der Waals surface area contributed by atoms with Gasteiger partial charge in [-0.3, -0.25) is 9.59 Å². The summed E-state index contributed by atoms with van der Waals surface area (Å²) >= 11 is 0. The molecule has 0 aliphatic carbocycles. The molecule has 0 atom stereocenters. The number of amides is 2. The summed E-state index contributed by atoms with van der Waals surface area (Å²) in [7, 11) is 3.90. The zero-order valence-electron chi connectivity index (χ0n) is 12.5. The van der Waals surface area contributed by atoms with Crippen molar-refractivity contribution in [3.05, 3.63) is 53.6 Å². The summed E-state index contributed by atoms with van der Waals surface area (Å²) in [6.45, 7) is 0. The minimum absolute atomic E-state index is 0.0359. The maximum absolute atomic E-state index is 12.3. The van der Waals surface area contributed by atoms with E-state index in [0.29, 0.717) is 12.0 Å². The van der Waals surface area contributed by atoms with Crippen LogP contribution in [-0.4, -0.2) is 25.9 Å². The highest BCUT2D eigenvalue weighted by Crippen LogP contribution is 2.24. The van der Waals surface area contributed by atoms with Gasteiger partial charge in [-0.05, 0) is 42.0 Å². The number of benzene rings is 2. The van der Waals surface area contributed by atoms with Gasteiger partial charge in [0.25, 0.3) is 5.91 Å². The van der Waals surface area contributed by atoms with Gasteiger partial charge in [0, 0.05) is 36.7 Å².